The summed E-state index contributed by atoms with van der Waals surface area (Å²) >= 11 is 7.33. The summed E-state index contributed by atoms with van der Waals surface area (Å²) < 4.78 is 10.2. The van der Waals surface area contributed by atoms with Gasteiger partial charge in [-0.25, -0.2) is 9.97 Å². The van der Waals surface area contributed by atoms with Gasteiger partial charge in [0.25, 0.3) is 0 Å². The average molecular weight is 511 g/mol. The number of benzene rings is 3. The number of fused-ring (bicyclic) bond motifs is 4. The lowest BCUT2D eigenvalue weighted by Gasteiger charge is -2.10. The number of para-hydroxylation sites is 2. The van der Waals surface area contributed by atoms with E-state index in [4.69, 9.17) is 14.7 Å². The standard InChI is InChI=1S/C23H17Br2N3O/c1-14-6-8-16(9-7-14)29-11-10-28-22-17(12-15(24)13-18(22)25)21-23(28)27-20-5-3-2-4-19(20)26-21/h2-9,12-13H,10-11H2,1H3. The lowest BCUT2D eigenvalue weighted by atomic mass is 10.2. The zero-order valence-electron chi connectivity index (χ0n) is 15.7. The summed E-state index contributed by atoms with van der Waals surface area (Å²) in [5, 5.41) is 1.06. The van der Waals surface area contributed by atoms with Crippen LogP contribution in [0.2, 0.25) is 0 Å². The van der Waals surface area contributed by atoms with Crippen molar-refractivity contribution >= 4 is 65.0 Å². The van der Waals surface area contributed by atoms with Crippen LogP contribution >= 0.6 is 31.9 Å². The Morgan fingerprint density at radius 2 is 1.66 bits per heavy atom. The van der Waals surface area contributed by atoms with Crippen molar-refractivity contribution in [1.82, 2.24) is 14.5 Å². The maximum Gasteiger partial charge on any atom is 0.160 e. The molecule has 0 aliphatic carbocycles. The van der Waals surface area contributed by atoms with Crippen LogP contribution in [0.3, 0.4) is 0 Å². The average Bonchev–Trinajstić information content (AvgIpc) is 3.01. The molecule has 2 heterocycles. The number of hydrogen-bond acceptors (Lipinski definition) is 3. The van der Waals surface area contributed by atoms with Gasteiger partial charge in [-0.1, -0.05) is 45.8 Å². The van der Waals surface area contributed by atoms with Gasteiger partial charge in [-0.15, -0.1) is 0 Å². The molecule has 2 aromatic heterocycles. The first kappa shape index (κ1) is 18.6. The number of aromatic nitrogens is 3. The molecule has 0 atom stereocenters. The molecular weight excluding hydrogens is 494 g/mol. The number of ether oxygens (including phenoxy) is 1. The third-order valence-corrected chi connectivity index (χ3v) is 6.03. The third-order valence-electron chi connectivity index (χ3n) is 4.97. The van der Waals surface area contributed by atoms with Gasteiger partial charge in [0.05, 0.1) is 23.1 Å². The number of aryl methyl sites for hydroxylation is 1. The maximum atomic E-state index is 5.99. The van der Waals surface area contributed by atoms with Crippen molar-refractivity contribution in [2.75, 3.05) is 6.61 Å². The molecule has 0 fully saturated rings. The van der Waals surface area contributed by atoms with Crippen molar-refractivity contribution in [3.05, 3.63) is 75.2 Å². The zero-order chi connectivity index (χ0) is 20.0. The van der Waals surface area contributed by atoms with Gasteiger partial charge in [0.2, 0.25) is 0 Å². The number of halogens is 2. The summed E-state index contributed by atoms with van der Waals surface area (Å²) in [6, 6.07) is 20.2. The Kier molecular flexibility index (Phi) is 4.76. The molecule has 144 valence electrons. The number of rotatable bonds is 4. The normalized spacial score (nSPS) is 11.6. The summed E-state index contributed by atoms with van der Waals surface area (Å²) in [6.07, 6.45) is 0. The highest BCUT2D eigenvalue weighted by atomic mass is 79.9. The zero-order valence-corrected chi connectivity index (χ0v) is 18.9. The molecule has 5 rings (SSSR count). The highest BCUT2D eigenvalue weighted by Gasteiger charge is 2.17. The minimum absolute atomic E-state index is 0.541. The fourth-order valence-corrected chi connectivity index (χ4v) is 5.03. The van der Waals surface area contributed by atoms with Crippen LogP contribution in [0, 0.1) is 6.92 Å². The van der Waals surface area contributed by atoms with Crippen LogP contribution in [0.15, 0.2) is 69.6 Å². The van der Waals surface area contributed by atoms with Crippen molar-refractivity contribution in [3.8, 4) is 5.75 Å². The first-order chi connectivity index (χ1) is 14.1. The molecule has 0 aliphatic heterocycles. The Morgan fingerprint density at radius 1 is 0.931 bits per heavy atom. The van der Waals surface area contributed by atoms with Gasteiger partial charge in [0.1, 0.15) is 17.9 Å². The largest absolute Gasteiger partial charge is 0.492 e. The van der Waals surface area contributed by atoms with E-state index >= 15 is 0 Å². The molecule has 0 saturated heterocycles. The smallest absolute Gasteiger partial charge is 0.160 e. The van der Waals surface area contributed by atoms with E-state index in [0.717, 1.165) is 47.8 Å². The van der Waals surface area contributed by atoms with Crippen LogP contribution < -0.4 is 4.74 Å². The Bertz CT molecular complexity index is 1360. The molecule has 0 saturated carbocycles. The van der Waals surface area contributed by atoms with E-state index in [1.165, 1.54) is 5.56 Å². The van der Waals surface area contributed by atoms with Gasteiger partial charge in [0.15, 0.2) is 5.65 Å². The second-order valence-electron chi connectivity index (χ2n) is 6.98. The highest BCUT2D eigenvalue weighted by Crippen LogP contribution is 2.35. The van der Waals surface area contributed by atoms with Crippen LogP contribution in [0.1, 0.15) is 5.56 Å². The summed E-state index contributed by atoms with van der Waals surface area (Å²) in [4.78, 5) is 9.85. The highest BCUT2D eigenvalue weighted by molar-refractivity contribution is 9.11. The molecule has 29 heavy (non-hydrogen) atoms. The third kappa shape index (κ3) is 3.40. The van der Waals surface area contributed by atoms with Crippen LogP contribution in [-0.4, -0.2) is 21.1 Å². The molecule has 0 spiro atoms. The van der Waals surface area contributed by atoms with E-state index in [1.54, 1.807) is 0 Å². The monoisotopic (exact) mass is 509 g/mol. The van der Waals surface area contributed by atoms with Crippen molar-refractivity contribution in [1.29, 1.82) is 0 Å². The summed E-state index contributed by atoms with van der Waals surface area (Å²) in [5.41, 5.74) is 5.84. The van der Waals surface area contributed by atoms with Crippen molar-refractivity contribution in [2.45, 2.75) is 13.5 Å². The maximum absolute atomic E-state index is 5.99. The van der Waals surface area contributed by atoms with Crippen LogP contribution in [0.25, 0.3) is 33.1 Å². The molecule has 6 heteroatoms. The fraction of sp³-hybridized carbons (Fsp3) is 0.130. The van der Waals surface area contributed by atoms with Crippen LogP contribution in [0.5, 0.6) is 5.75 Å². The first-order valence-electron chi connectivity index (χ1n) is 9.33. The molecule has 4 nitrogen and oxygen atoms in total. The van der Waals surface area contributed by atoms with E-state index in [1.807, 2.05) is 36.4 Å². The molecule has 3 aromatic carbocycles. The molecule has 0 N–H and O–H groups in total. The molecule has 0 aliphatic rings. The van der Waals surface area contributed by atoms with Gasteiger partial charge in [-0.2, -0.15) is 0 Å². The van der Waals surface area contributed by atoms with Gasteiger partial charge in [0, 0.05) is 14.3 Å². The minimum atomic E-state index is 0.541. The quantitative estimate of drug-likeness (QED) is 0.271. The second-order valence-corrected chi connectivity index (χ2v) is 8.75. The molecule has 0 unspecified atom stereocenters. The lowest BCUT2D eigenvalue weighted by molar-refractivity contribution is 0.302. The fourth-order valence-electron chi connectivity index (χ4n) is 3.59. The number of nitrogens with zero attached hydrogens (tertiary/aromatic N) is 3. The Morgan fingerprint density at radius 3 is 2.41 bits per heavy atom. The molecule has 0 radical (unpaired) electrons. The molecule has 5 aromatic rings. The SMILES string of the molecule is Cc1ccc(OCCn2c3nc4ccccc4nc3c3cc(Br)cc(Br)c32)cc1. The van der Waals surface area contributed by atoms with E-state index in [-0.39, 0.29) is 0 Å². The summed E-state index contributed by atoms with van der Waals surface area (Å²) in [6.45, 7) is 3.28. The first-order valence-corrected chi connectivity index (χ1v) is 10.9. The van der Waals surface area contributed by atoms with Gasteiger partial charge < -0.3 is 9.30 Å². The predicted molar refractivity (Wildman–Crippen MR) is 125 cm³/mol. The Hall–Kier alpha value is -2.44. The van der Waals surface area contributed by atoms with Crippen molar-refractivity contribution in [2.24, 2.45) is 0 Å². The van der Waals surface area contributed by atoms with Crippen molar-refractivity contribution in [3.63, 3.8) is 0 Å². The van der Waals surface area contributed by atoms with Crippen molar-refractivity contribution < 1.29 is 4.74 Å². The molecular formula is C23H17Br2N3O. The van der Waals surface area contributed by atoms with Crippen LogP contribution in [-0.2, 0) is 6.54 Å². The Labute approximate surface area is 184 Å². The summed E-state index contributed by atoms with van der Waals surface area (Å²) in [7, 11) is 0. The van der Waals surface area contributed by atoms with Gasteiger partial charge in [-0.3, -0.25) is 0 Å². The van der Waals surface area contributed by atoms with E-state index in [9.17, 15) is 0 Å². The van der Waals surface area contributed by atoms with E-state index in [0.29, 0.717) is 13.2 Å². The van der Waals surface area contributed by atoms with Crippen LogP contribution in [0.4, 0.5) is 0 Å². The molecule has 0 amide bonds. The Balaban J connectivity index is 1.63. The predicted octanol–water partition coefficient (Wildman–Crippen LogP) is 6.65. The number of hydrogen-bond donors (Lipinski definition) is 0. The second kappa shape index (κ2) is 7.43. The van der Waals surface area contributed by atoms with Gasteiger partial charge in [-0.05, 0) is 59.3 Å². The minimum Gasteiger partial charge on any atom is -0.492 e. The summed E-state index contributed by atoms with van der Waals surface area (Å²) in [5.74, 6) is 0.870. The lowest BCUT2D eigenvalue weighted by Crippen LogP contribution is -2.09. The topological polar surface area (TPSA) is 39.9 Å². The van der Waals surface area contributed by atoms with E-state index in [2.05, 4.69) is 67.6 Å². The molecule has 0 bridgehead atoms. The van der Waals surface area contributed by atoms with Gasteiger partial charge >= 0.3 is 0 Å². The van der Waals surface area contributed by atoms with E-state index < -0.39 is 0 Å².